The zero-order valence-corrected chi connectivity index (χ0v) is 16.4. The number of carbonyl (C=O) groups is 2. The molecule has 0 bridgehead atoms. The lowest BCUT2D eigenvalue weighted by Gasteiger charge is -2.35. The smallest absolute Gasteiger partial charge is 0.410 e. The number of benzene rings is 1. The van der Waals surface area contributed by atoms with Crippen LogP contribution in [0.25, 0.3) is 0 Å². The molecule has 4 rings (SSSR count). The van der Waals surface area contributed by atoms with Gasteiger partial charge in [-0.05, 0) is 37.0 Å². The number of cyclic esters (lactones) is 1. The molecule has 152 valence electrons. The summed E-state index contributed by atoms with van der Waals surface area (Å²) in [7, 11) is 0. The van der Waals surface area contributed by atoms with Crippen LogP contribution in [0.2, 0.25) is 0 Å². The average molecular weight is 396 g/mol. The highest BCUT2D eigenvalue weighted by Gasteiger charge is 2.39. The summed E-state index contributed by atoms with van der Waals surface area (Å²) in [6.07, 6.45) is 2.06. The summed E-state index contributed by atoms with van der Waals surface area (Å²) in [5.74, 6) is 0.255. The van der Waals surface area contributed by atoms with Gasteiger partial charge in [-0.2, -0.15) is 0 Å². The second kappa shape index (κ2) is 8.11. The summed E-state index contributed by atoms with van der Waals surface area (Å²) in [5.41, 5.74) is 1.36. The Balaban J connectivity index is 1.42. The van der Waals surface area contributed by atoms with Crippen LogP contribution in [0.4, 0.5) is 4.79 Å². The number of rotatable bonds is 5. The highest BCUT2D eigenvalue weighted by molar-refractivity contribution is 5.95. The second-order valence-corrected chi connectivity index (χ2v) is 7.57. The third-order valence-electron chi connectivity index (χ3n) is 5.55. The Morgan fingerprint density at radius 1 is 1.14 bits per heavy atom. The molecular weight excluding hydrogens is 372 g/mol. The molecule has 2 aromatic rings. The number of carbonyl (C=O) groups excluding carboxylic acids is 2. The summed E-state index contributed by atoms with van der Waals surface area (Å²) in [5, 5.41) is 0. The molecule has 0 N–H and O–H groups in total. The fraction of sp³-hybridized carbons (Fsp3) is 0.409. The van der Waals surface area contributed by atoms with Gasteiger partial charge in [0.05, 0.1) is 6.04 Å². The molecule has 2 amide bonds. The largest absolute Gasteiger partial charge is 0.447 e. The maximum atomic E-state index is 12.9. The van der Waals surface area contributed by atoms with Crippen LogP contribution in [0.5, 0.6) is 0 Å². The van der Waals surface area contributed by atoms with Crippen LogP contribution in [0.1, 0.15) is 33.7 Å². The Morgan fingerprint density at radius 3 is 2.69 bits per heavy atom. The zero-order chi connectivity index (χ0) is 20.4. The number of hydrogen-bond acceptors (Lipinski definition) is 5. The van der Waals surface area contributed by atoms with Crippen LogP contribution in [0.15, 0.2) is 45.6 Å². The summed E-state index contributed by atoms with van der Waals surface area (Å²) < 4.78 is 10.5. The van der Waals surface area contributed by atoms with Gasteiger partial charge < -0.3 is 14.1 Å². The van der Waals surface area contributed by atoms with E-state index in [1.54, 1.807) is 22.8 Å². The quantitative estimate of drug-likeness (QED) is 0.775. The molecule has 3 heterocycles. The number of amides is 2. The molecule has 0 saturated carbocycles. The van der Waals surface area contributed by atoms with Gasteiger partial charge in [-0.15, -0.1) is 0 Å². The fourth-order valence-corrected chi connectivity index (χ4v) is 4.00. The molecule has 1 atom stereocenters. The number of ether oxygens (including phenoxy) is 1. The molecular formula is C22H24N2O5. The topological polar surface area (TPSA) is 80.1 Å². The number of nitrogens with zero attached hydrogens (tertiary/aromatic N) is 2. The zero-order valence-electron chi connectivity index (χ0n) is 16.4. The van der Waals surface area contributed by atoms with Crippen LogP contribution >= 0.6 is 0 Å². The molecule has 7 nitrogen and oxygen atoms in total. The molecule has 0 radical (unpaired) electrons. The van der Waals surface area contributed by atoms with Crippen molar-refractivity contribution in [3.8, 4) is 0 Å². The molecule has 1 aromatic carbocycles. The lowest BCUT2D eigenvalue weighted by molar-refractivity contribution is 0.0611. The number of aryl methyl sites for hydroxylation is 3. The summed E-state index contributed by atoms with van der Waals surface area (Å²) in [6.45, 7) is 3.20. The minimum Gasteiger partial charge on any atom is -0.447 e. The van der Waals surface area contributed by atoms with Gasteiger partial charge in [0.2, 0.25) is 0 Å². The molecule has 2 fully saturated rings. The Labute approximate surface area is 168 Å². The van der Waals surface area contributed by atoms with E-state index in [2.05, 4.69) is 12.1 Å². The highest BCUT2D eigenvalue weighted by Crippen LogP contribution is 2.20. The van der Waals surface area contributed by atoms with E-state index >= 15 is 0 Å². The third kappa shape index (κ3) is 4.04. The summed E-state index contributed by atoms with van der Waals surface area (Å²) >= 11 is 0. The van der Waals surface area contributed by atoms with E-state index in [4.69, 9.17) is 9.15 Å². The Morgan fingerprint density at radius 2 is 1.93 bits per heavy atom. The van der Waals surface area contributed by atoms with Gasteiger partial charge in [-0.3, -0.25) is 9.69 Å². The standard InChI is InChI=1S/C22H24N2O5/c1-15-12-18(9-5-8-16-6-3-2-4-7-16)29-21(26)19(15)20(25)23-10-11-24-17(13-23)14-28-22(24)27/h2-4,6-7,12,17H,5,8-11,13-14H2,1H3. The van der Waals surface area contributed by atoms with Gasteiger partial charge in [0, 0.05) is 26.1 Å². The molecule has 2 saturated heterocycles. The lowest BCUT2D eigenvalue weighted by Crippen LogP contribution is -2.54. The van der Waals surface area contributed by atoms with E-state index in [9.17, 15) is 14.4 Å². The fourth-order valence-electron chi connectivity index (χ4n) is 4.00. The van der Waals surface area contributed by atoms with Gasteiger partial charge in [-0.1, -0.05) is 30.3 Å². The van der Waals surface area contributed by atoms with Crippen molar-refractivity contribution in [1.82, 2.24) is 9.80 Å². The van der Waals surface area contributed by atoms with Crippen molar-refractivity contribution < 1.29 is 18.7 Å². The minimum absolute atomic E-state index is 0.0792. The second-order valence-electron chi connectivity index (χ2n) is 7.57. The molecule has 2 aliphatic heterocycles. The Hall–Kier alpha value is -3.09. The molecule has 29 heavy (non-hydrogen) atoms. The Kier molecular flexibility index (Phi) is 5.38. The van der Waals surface area contributed by atoms with Crippen molar-refractivity contribution in [2.45, 2.75) is 32.2 Å². The van der Waals surface area contributed by atoms with Crippen LogP contribution in [0.3, 0.4) is 0 Å². The number of piperazine rings is 1. The van der Waals surface area contributed by atoms with Crippen molar-refractivity contribution in [2.24, 2.45) is 0 Å². The van der Waals surface area contributed by atoms with Crippen LogP contribution < -0.4 is 5.63 Å². The first-order chi connectivity index (χ1) is 14.0. The van der Waals surface area contributed by atoms with Crippen molar-refractivity contribution in [3.63, 3.8) is 0 Å². The maximum Gasteiger partial charge on any atom is 0.410 e. The minimum atomic E-state index is -0.592. The normalized spacial score (nSPS) is 18.5. The van der Waals surface area contributed by atoms with Crippen LogP contribution in [-0.4, -0.2) is 54.1 Å². The first-order valence-corrected chi connectivity index (χ1v) is 9.93. The maximum absolute atomic E-state index is 12.9. The monoisotopic (exact) mass is 396 g/mol. The third-order valence-corrected chi connectivity index (χ3v) is 5.55. The molecule has 1 aromatic heterocycles. The SMILES string of the molecule is Cc1cc(CCCc2ccccc2)oc(=O)c1C(=O)N1CCN2C(=O)OCC2C1. The van der Waals surface area contributed by atoms with E-state index in [1.807, 2.05) is 18.2 Å². The molecule has 1 unspecified atom stereocenters. The first kappa shape index (κ1) is 19.2. The van der Waals surface area contributed by atoms with E-state index < -0.39 is 5.63 Å². The number of hydrogen-bond donors (Lipinski definition) is 0. The van der Waals surface area contributed by atoms with Crippen molar-refractivity contribution >= 4 is 12.0 Å². The number of fused-ring (bicyclic) bond motifs is 1. The van der Waals surface area contributed by atoms with E-state index in [0.29, 0.717) is 37.4 Å². The van der Waals surface area contributed by atoms with E-state index in [1.165, 1.54) is 5.56 Å². The predicted molar refractivity (Wildman–Crippen MR) is 106 cm³/mol. The molecule has 2 aliphatic rings. The average Bonchev–Trinajstić information content (AvgIpc) is 3.08. The first-order valence-electron chi connectivity index (χ1n) is 9.93. The van der Waals surface area contributed by atoms with Gasteiger partial charge in [0.1, 0.15) is 17.9 Å². The molecule has 0 aliphatic carbocycles. The van der Waals surface area contributed by atoms with Gasteiger partial charge >= 0.3 is 11.7 Å². The van der Waals surface area contributed by atoms with Gasteiger partial charge in [0.25, 0.3) is 5.91 Å². The Bertz CT molecular complexity index is 969. The van der Waals surface area contributed by atoms with Crippen molar-refractivity contribution in [2.75, 3.05) is 26.2 Å². The summed E-state index contributed by atoms with van der Waals surface area (Å²) in [6, 6.07) is 11.8. The lowest BCUT2D eigenvalue weighted by atomic mass is 10.0. The van der Waals surface area contributed by atoms with Crippen LogP contribution in [-0.2, 0) is 17.6 Å². The van der Waals surface area contributed by atoms with Crippen molar-refractivity contribution in [3.05, 3.63) is 69.3 Å². The van der Waals surface area contributed by atoms with E-state index in [-0.39, 0.29) is 30.2 Å². The van der Waals surface area contributed by atoms with Crippen molar-refractivity contribution in [1.29, 1.82) is 0 Å². The summed E-state index contributed by atoms with van der Waals surface area (Å²) in [4.78, 5) is 40.4. The van der Waals surface area contributed by atoms with Gasteiger partial charge in [-0.25, -0.2) is 9.59 Å². The van der Waals surface area contributed by atoms with E-state index in [0.717, 1.165) is 12.8 Å². The molecule has 0 spiro atoms. The van der Waals surface area contributed by atoms with Crippen LogP contribution in [0, 0.1) is 6.92 Å². The predicted octanol–water partition coefficient (Wildman–Crippen LogP) is 2.40. The highest BCUT2D eigenvalue weighted by atomic mass is 16.6. The van der Waals surface area contributed by atoms with Gasteiger partial charge in [0.15, 0.2) is 0 Å². The molecule has 7 heteroatoms.